The molecule has 0 aliphatic carbocycles. The zero-order valence-electron chi connectivity index (χ0n) is 7.25. The zero-order chi connectivity index (χ0) is 11.0. The summed E-state index contributed by atoms with van der Waals surface area (Å²) in [5, 5.41) is 7.46. The second-order valence-electron chi connectivity index (χ2n) is 2.22. The van der Waals surface area contributed by atoms with Crippen LogP contribution in [0, 0.1) is 0 Å². The van der Waals surface area contributed by atoms with Crippen LogP contribution in [0.25, 0.3) is 0 Å². The number of carboxylic acid groups (broad SMARTS) is 1. The second kappa shape index (κ2) is 7.46. The van der Waals surface area contributed by atoms with Gasteiger partial charge in [-0.2, -0.15) is 12.6 Å². The molecule has 14 heavy (non-hydrogen) atoms. The maximum atomic E-state index is 10.5. The molecular weight excluding hydrogens is 220 g/mol. The number of rotatable bonds is 2. The Morgan fingerprint density at radius 2 is 1.64 bits per heavy atom. The van der Waals surface area contributed by atoms with Gasteiger partial charge in [-0.05, 0) is 0 Å². The predicted octanol–water partition coefficient (Wildman–Crippen LogP) is 1.76. The third kappa shape index (κ3) is 6.56. The summed E-state index contributed by atoms with van der Waals surface area (Å²) in [6.07, 6.45) is 0. The van der Waals surface area contributed by atoms with Gasteiger partial charge in [-0.3, -0.25) is 9.59 Å². The van der Waals surface area contributed by atoms with E-state index >= 15 is 0 Å². The summed E-state index contributed by atoms with van der Waals surface area (Å²) in [6.45, 7) is 0. The zero-order valence-corrected chi connectivity index (χ0v) is 9.04. The molecule has 0 amide bonds. The monoisotopic (exact) mass is 230 g/mol. The lowest BCUT2D eigenvalue weighted by Crippen LogP contribution is -1.92. The van der Waals surface area contributed by atoms with Crippen molar-refractivity contribution in [1.82, 2.24) is 0 Å². The van der Waals surface area contributed by atoms with Crippen molar-refractivity contribution < 1.29 is 14.7 Å². The molecule has 1 aromatic rings. The highest BCUT2D eigenvalue weighted by Gasteiger charge is 1.94. The summed E-state index contributed by atoms with van der Waals surface area (Å²) in [6, 6.07) is 8.94. The Bertz CT molecular complexity index is 298. The Kier molecular flexibility index (Phi) is 6.96. The first-order valence-corrected chi connectivity index (χ1v) is 4.77. The van der Waals surface area contributed by atoms with Crippen molar-refractivity contribution in [1.29, 1.82) is 0 Å². The van der Waals surface area contributed by atoms with Gasteiger partial charge in [0.1, 0.15) is 0 Å². The molecule has 0 unspecified atom stereocenters. The highest BCUT2D eigenvalue weighted by molar-refractivity contribution is 7.97. The summed E-state index contributed by atoms with van der Waals surface area (Å²) in [5.41, 5.74) is 0.640. The summed E-state index contributed by atoms with van der Waals surface area (Å²) in [4.78, 5) is 19.8. The number of benzene rings is 1. The van der Waals surface area contributed by atoms with Gasteiger partial charge in [0.05, 0.1) is 5.75 Å². The van der Waals surface area contributed by atoms with Crippen molar-refractivity contribution in [2.24, 2.45) is 0 Å². The molecule has 0 radical (unpaired) electrons. The first kappa shape index (κ1) is 13.1. The van der Waals surface area contributed by atoms with Gasteiger partial charge in [-0.1, -0.05) is 30.3 Å². The molecule has 1 aromatic carbocycles. The van der Waals surface area contributed by atoms with Crippen LogP contribution in [0.3, 0.4) is 0 Å². The van der Waals surface area contributed by atoms with E-state index in [2.05, 4.69) is 25.3 Å². The topological polar surface area (TPSA) is 54.4 Å². The normalized spacial score (nSPS) is 8.43. The fraction of sp³-hybridized carbons (Fsp3) is 0.111. The van der Waals surface area contributed by atoms with Gasteiger partial charge in [0, 0.05) is 5.56 Å². The molecule has 0 fully saturated rings. The molecule has 0 heterocycles. The van der Waals surface area contributed by atoms with E-state index in [0.717, 1.165) is 0 Å². The average molecular weight is 230 g/mol. The number of aliphatic carboxylic acids is 1. The van der Waals surface area contributed by atoms with Crippen molar-refractivity contribution in [2.45, 2.75) is 0 Å². The molecular formula is C9H10O3S2. The van der Waals surface area contributed by atoms with Gasteiger partial charge in [0.2, 0.25) is 5.12 Å². The molecule has 0 aliphatic heterocycles. The van der Waals surface area contributed by atoms with Gasteiger partial charge in [-0.15, -0.1) is 12.6 Å². The Labute approximate surface area is 93.0 Å². The third-order valence-electron chi connectivity index (χ3n) is 1.16. The van der Waals surface area contributed by atoms with Gasteiger partial charge < -0.3 is 5.11 Å². The van der Waals surface area contributed by atoms with E-state index in [1.165, 1.54) is 0 Å². The fourth-order valence-electron chi connectivity index (χ4n) is 0.581. The predicted molar refractivity (Wildman–Crippen MR) is 61.2 cm³/mol. The standard InChI is InChI=1S/C7H6OS.C2H4O2S/c8-7(9)6-4-2-1-3-5-6;3-2(4)1-5/h1-5H,(H,8,9);5H,1H2,(H,3,4). The Balaban J connectivity index is 0.000000292. The van der Waals surface area contributed by atoms with E-state index < -0.39 is 5.97 Å². The van der Waals surface area contributed by atoms with E-state index in [1.807, 2.05) is 18.2 Å². The maximum Gasteiger partial charge on any atom is 0.313 e. The molecule has 1 N–H and O–H groups in total. The second-order valence-corrected chi connectivity index (χ2v) is 2.95. The molecule has 5 heteroatoms. The fourth-order valence-corrected chi connectivity index (χ4v) is 0.730. The van der Waals surface area contributed by atoms with Gasteiger partial charge in [0.15, 0.2) is 0 Å². The molecule has 0 aromatic heterocycles. The molecule has 0 atom stereocenters. The van der Waals surface area contributed by atoms with Crippen LogP contribution in [-0.4, -0.2) is 21.9 Å². The lowest BCUT2D eigenvalue weighted by molar-refractivity contribution is -0.133. The van der Waals surface area contributed by atoms with E-state index in [-0.39, 0.29) is 10.9 Å². The summed E-state index contributed by atoms with van der Waals surface area (Å²) in [5.74, 6) is -0.965. The molecule has 0 spiro atoms. The van der Waals surface area contributed by atoms with Crippen molar-refractivity contribution in [2.75, 3.05) is 5.75 Å². The van der Waals surface area contributed by atoms with Gasteiger partial charge in [0.25, 0.3) is 0 Å². The quantitative estimate of drug-likeness (QED) is 0.679. The molecule has 76 valence electrons. The van der Waals surface area contributed by atoms with Crippen LogP contribution in [0.4, 0.5) is 0 Å². The first-order valence-electron chi connectivity index (χ1n) is 3.69. The Hall–Kier alpha value is -0.940. The van der Waals surface area contributed by atoms with E-state index in [1.54, 1.807) is 12.1 Å². The average Bonchev–Trinajstić information content (AvgIpc) is 2.20. The van der Waals surface area contributed by atoms with Crippen molar-refractivity contribution in [3.63, 3.8) is 0 Å². The van der Waals surface area contributed by atoms with E-state index in [9.17, 15) is 9.59 Å². The minimum Gasteiger partial charge on any atom is -0.481 e. The lowest BCUT2D eigenvalue weighted by Gasteiger charge is -1.88. The minimum absolute atomic E-state index is 0.0833. The van der Waals surface area contributed by atoms with Gasteiger partial charge in [-0.25, -0.2) is 0 Å². The van der Waals surface area contributed by atoms with Crippen LogP contribution in [-0.2, 0) is 4.79 Å². The van der Waals surface area contributed by atoms with Crippen molar-refractivity contribution in [3.8, 4) is 0 Å². The van der Waals surface area contributed by atoms with E-state index in [4.69, 9.17) is 5.11 Å². The van der Waals surface area contributed by atoms with Crippen LogP contribution < -0.4 is 0 Å². The van der Waals surface area contributed by atoms with Gasteiger partial charge >= 0.3 is 5.97 Å². The number of hydrogen-bond donors (Lipinski definition) is 3. The summed E-state index contributed by atoms with van der Waals surface area (Å²) < 4.78 is 0. The van der Waals surface area contributed by atoms with Crippen LogP contribution in [0.1, 0.15) is 10.4 Å². The number of hydrogen-bond acceptors (Lipinski definition) is 3. The van der Waals surface area contributed by atoms with Crippen molar-refractivity contribution in [3.05, 3.63) is 35.9 Å². The summed E-state index contributed by atoms with van der Waals surface area (Å²) in [7, 11) is 0. The summed E-state index contributed by atoms with van der Waals surface area (Å²) >= 11 is 7.06. The van der Waals surface area contributed by atoms with E-state index in [0.29, 0.717) is 5.56 Å². The molecule has 0 aliphatic rings. The third-order valence-corrected chi connectivity index (χ3v) is 1.68. The van der Waals surface area contributed by atoms with Crippen LogP contribution in [0.15, 0.2) is 30.3 Å². The molecule has 0 bridgehead atoms. The van der Waals surface area contributed by atoms with Crippen LogP contribution in [0.5, 0.6) is 0 Å². The molecule has 0 saturated heterocycles. The lowest BCUT2D eigenvalue weighted by atomic mass is 10.2. The molecule has 3 nitrogen and oxygen atoms in total. The number of carbonyl (C=O) groups excluding carboxylic acids is 1. The Morgan fingerprint density at radius 3 is 1.86 bits per heavy atom. The highest BCUT2D eigenvalue weighted by Crippen LogP contribution is 2.00. The number of carbonyl (C=O) groups is 2. The SMILES string of the molecule is O=C(O)CS.O=C(S)c1ccccc1. The highest BCUT2D eigenvalue weighted by atomic mass is 32.1. The minimum atomic E-state index is -0.881. The Morgan fingerprint density at radius 1 is 1.21 bits per heavy atom. The maximum absolute atomic E-state index is 10.5. The number of carboxylic acids is 1. The smallest absolute Gasteiger partial charge is 0.313 e. The van der Waals surface area contributed by atoms with Crippen molar-refractivity contribution >= 4 is 36.3 Å². The largest absolute Gasteiger partial charge is 0.481 e. The van der Waals surface area contributed by atoms with Crippen LogP contribution in [0.2, 0.25) is 0 Å². The van der Waals surface area contributed by atoms with Crippen LogP contribution >= 0.6 is 25.3 Å². The first-order chi connectivity index (χ1) is 6.57. The molecule has 1 rings (SSSR count). The number of thiol groups is 2. The molecule has 0 saturated carbocycles.